The van der Waals surface area contributed by atoms with E-state index in [1.165, 1.54) is 5.56 Å². The van der Waals surface area contributed by atoms with E-state index in [1.807, 2.05) is 30.3 Å². The second-order valence-corrected chi connectivity index (χ2v) is 9.18. The Morgan fingerprint density at radius 1 is 1.11 bits per heavy atom. The van der Waals surface area contributed by atoms with Crippen LogP contribution in [0.3, 0.4) is 0 Å². The van der Waals surface area contributed by atoms with Crippen LogP contribution < -0.4 is 19.5 Å². The minimum absolute atomic E-state index is 0.0606. The first-order chi connectivity index (χ1) is 17.5. The number of ether oxygens (including phenoxy) is 3. The van der Waals surface area contributed by atoms with Gasteiger partial charge in [0.2, 0.25) is 11.8 Å². The molecule has 5 rings (SSSR count). The molecule has 0 spiro atoms. The van der Waals surface area contributed by atoms with Crippen LogP contribution in [0, 0.1) is 0 Å². The highest BCUT2D eigenvalue weighted by Crippen LogP contribution is 2.36. The molecule has 0 fully saturated rings. The molecular weight excluding hydrogens is 458 g/mol. The second-order valence-electron chi connectivity index (χ2n) is 9.18. The van der Waals surface area contributed by atoms with Gasteiger partial charge in [-0.2, -0.15) is 0 Å². The van der Waals surface area contributed by atoms with Gasteiger partial charge in [0.1, 0.15) is 5.75 Å². The number of methoxy groups -OCH3 is 3. The Balaban J connectivity index is 1.25. The quantitative estimate of drug-likeness (QED) is 0.521. The van der Waals surface area contributed by atoms with Gasteiger partial charge in [-0.15, -0.1) is 0 Å². The zero-order chi connectivity index (χ0) is 25.2. The van der Waals surface area contributed by atoms with Crippen molar-refractivity contribution in [3.05, 3.63) is 58.9 Å². The average molecular weight is 490 g/mol. The second kappa shape index (κ2) is 9.97. The summed E-state index contributed by atoms with van der Waals surface area (Å²) in [5, 5.41) is 4.33. The molecule has 1 atom stereocenters. The summed E-state index contributed by atoms with van der Waals surface area (Å²) in [5.41, 5.74) is 5.14. The zero-order valence-electron chi connectivity index (χ0n) is 20.8. The predicted molar refractivity (Wildman–Crippen MR) is 137 cm³/mol. The molecule has 0 saturated carbocycles. The summed E-state index contributed by atoms with van der Waals surface area (Å²) in [6.07, 6.45) is 6.93. The number of carbonyl (C=O) groups is 2. The monoisotopic (exact) mass is 489 g/mol. The van der Waals surface area contributed by atoms with Gasteiger partial charge in [0.25, 0.3) is 0 Å². The van der Waals surface area contributed by atoms with Crippen LogP contribution >= 0.6 is 0 Å². The van der Waals surface area contributed by atoms with Gasteiger partial charge in [-0.1, -0.05) is 0 Å². The molecule has 8 heteroatoms. The summed E-state index contributed by atoms with van der Waals surface area (Å²) in [6, 6.07) is 9.64. The molecule has 0 saturated heterocycles. The Morgan fingerprint density at radius 3 is 2.69 bits per heavy atom. The average Bonchev–Trinajstić information content (AvgIpc) is 3.19. The largest absolute Gasteiger partial charge is 0.497 e. The van der Waals surface area contributed by atoms with Gasteiger partial charge in [-0.25, -0.2) is 0 Å². The molecule has 1 unspecified atom stereocenters. The molecule has 36 heavy (non-hydrogen) atoms. The first-order valence-corrected chi connectivity index (χ1v) is 12.2. The predicted octanol–water partition coefficient (Wildman–Crippen LogP) is 4.13. The maximum absolute atomic E-state index is 12.9. The molecule has 8 nitrogen and oxygen atoms in total. The summed E-state index contributed by atoms with van der Waals surface area (Å²) in [7, 11) is 4.83. The zero-order valence-corrected chi connectivity index (χ0v) is 20.8. The van der Waals surface area contributed by atoms with E-state index in [0.29, 0.717) is 18.0 Å². The lowest BCUT2D eigenvalue weighted by Crippen LogP contribution is -2.35. The smallest absolute Gasteiger partial charge is 0.230 e. The number of nitrogens with one attached hydrogen (secondary N) is 2. The van der Waals surface area contributed by atoms with Crippen LogP contribution in [-0.4, -0.2) is 49.6 Å². The van der Waals surface area contributed by atoms with Crippen molar-refractivity contribution >= 4 is 28.8 Å². The van der Waals surface area contributed by atoms with E-state index in [0.717, 1.165) is 52.7 Å². The lowest BCUT2D eigenvalue weighted by Gasteiger charge is -2.24. The van der Waals surface area contributed by atoms with E-state index >= 15 is 0 Å². The standard InChI is InChI=1S/C28H31N3O5/c1-34-19-7-8-22-21(16-19)20-5-4-6-23(28(20)30-22)29-26(32)10-12-31-11-9-17-13-24(35-2)25(36-3)14-18(17)15-27(31)33/h7-9,11,13-14,16,23,30H,4-6,10,12,15H2,1-3H3,(H,29,32). The number of H-pyrrole nitrogens is 1. The fourth-order valence-corrected chi connectivity index (χ4v) is 5.16. The van der Waals surface area contributed by atoms with E-state index in [2.05, 4.69) is 16.4 Å². The van der Waals surface area contributed by atoms with Crippen LogP contribution in [-0.2, 0) is 22.4 Å². The molecule has 2 amide bonds. The summed E-state index contributed by atoms with van der Waals surface area (Å²) in [4.78, 5) is 30.9. The van der Waals surface area contributed by atoms with Crippen molar-refractivity contribution in [3.63, 3.8) is 0 Å². The van der Waals surface area contributed by atoms with E-state index in [9.17, 15) is 9.59 Å². The maximum atomic E-state index is 12.9. The first kappa shape index (κ1) is 23.8. The molecule has 0 bridgehead atoms. The molecular formula is C28H31N3O5. The number of hydrogen-bond acceptors (Lipinski definition) is 5. The van der Waals surface area contributed by atoms with Gasteiger partial charge in [-0.05, 0) is 72.4 Å². The molecule has 3 aromatic rings. The normalized spacial score (nSPS) is 16.8. The third-order valence-corrected chi connectivity index (χ3v) is 7.07. The Kier molecular flexibility index (Phi) is 6.59. The van der Waals surface area contributed by atoms with Gasteiger partial charge in [0.05, 0.1) is 33.8 Å². The highest BCUT2D eigenvalue weighted by Gasteiger charge is 2.26. The Hall–Kier alpha value is -3.94. The highest BCUT2D eigenvalue weighted by molar-refractivity contribution is 5.87. The van der Waals surface area contributed by atoms with Crippen molar-refractivity contribution in [2.45, 2.75) is 38.1 Å². The summed E-state index contributed by atoms with van der Waals surface area (Å²) >= 11 is 0. The summed E-state index contributed by atoms with van der Waals surface area (Å²) in [6.45, 7) is 0.312. The van der Waals surface area contributed by atoms with Gasteiger partial charge in [0.15, 0.2) is 11.5 Å². The SMILES string of the molecule is COc1ccc2[nH]c3c(c2c1)CCCC3NC(=O)CCN1C=Cc2cc(OC)c(OC)cc2CC1=O. The van der Waals surface area contributed by atoms with Gasteiger partial charge < -0.3 is 29.4 Å². The van der Waals surface area contributed by atoms with Crippen LogP contribution in [0.2, 0.25) is 0 Å². The number of aromatic amines is 1. The Labute approximate surface area is 210 Å². The number of amides is 2. The highest BCUT2D eigenvalue weighted by atomic mass is 16.5. The lowest BCUT2D eigenvalue weighted by atomic mass is 9.91. The molecule has 2 N–H and O–H groups in total. The number of aryl methyl sites for hydroxylation is 1. The maximum Gasteiger partial charge on any atom is 0.230 e. The van der Waals surface area contributed by atoms with Gasteiger partial charge >= 0.3 is 0 Å². The van der Waals surface area contributed by atoms with Gasteiger partial charge in [-0.3, -0.25) is 9.59 Å². The molecule has 2 aliphatic rings. The van der Waals surface area contributed by atoms with Crippen LogP contribution in [0.5, 0.6) is 17.2 Å². The Bertz CT molecular complexity index is 1340. The van der Waals surface area contributed by atoms with Crippen molar-refractivity contribution in [1.29, 1.82) is 0 Å². The molecule has 1 aromatic heterocycles. The fraction of sp³-hybridized carbons (Fsp3) is 0.357. The van der Waals surface area contributed by atoms with Crippen LogP contribution in [0.15, 0.2) is 36.5 Å². The minimum Gasteiger partial charge on any atom is -0.497 e. The fourth-order valence-electron chi connectivity index (χ4n) is 5.16. The van der Waals surface area contributed by atoms with Crippen LogP contribution in [0.25, 0.3) is 17.0 Å². The third-order valence-electron chi connectivity index (χ3n) is 7.07. The first-order valence-electron chi connectivity index (χ1n) is 12.2. The molecule has 2 heterocycles. The van der Waals surface area contributed by atoms with E-state index in [1.54, 1.807) is 32.4 Å². The van der Waals surface area contributed by atoms with Crippen molar-refractivity contribution in [2.75, 3.05) is 27.9 Å². The molecule has 0 radical (unpaired) electrons. The van der Waals surface area contributed by atoms with Crippen molar-refractivity contribution in [3.8, 4) is 17.2 Å². The summed E-state index contributed by atoms with van der Waals surface area (Å²) < 4.78 is 16.2. The van der Waals surface area contributed by atoms with E-state index in [4.69, 9.17) is 14.2 Å². The van der Waals surface area contributed by atoms with Crippen LogP contribution in [0.4, 0.5) is 0 Å². The topological polar surface area (TPSA) is 92.9 Å². The van der Waals surface area contributed by atoms with Crippen molar-refractivity contribution in [2.24, 2.45) is 0 Å². The summed E-state index contributed by atoms with van der Waals surface area (Å²) in [5.74, 6) is 1.89. The number of aromatic nitrogens is 1. The van der Waals surface area contributed by atoms with Gasteiger partial charge in [0, 0.05) is 35.8 Å². The number of hydrogen-bond donors (Lipinski definition) is 2. The number of rotatable bonds is 7. The third kappa shape index (κ3) is 4.51. The number of nitrogens with zero attached hydrogens (tertiary/aromatic N) is 1. The molecule has 1 aliphatic heterocycles. The number of fused-ring (bicyclic) bond motifs is 4. The molecule has 188 valence electrons. The van der Waals surface area contributed by atoms with Crippen molar-refractivity contribution < 1.29 is 23.8 Å². The number of benzene rings is 2. The Morgan fingerprint density at radius 2 is 1.92 bits per heavy atom. The van der Waals surface area contributed by atoms with Crippen LogP contribution in [0.1, 0.15) is 47.7 Å². The molecule has 2 aromatic carbocycles. The number of carbonyl (C=O) groups excluding carboxylic acids is 2. The van der Waals surface area contributed by atoms with E-state index in [-0.39, 0.29) is 30.7 Å². The molecule has 1 aliphatic carbocycles. The lowest BCUT2D eigenvalue weighted by molar-refractivity contribution is -0.128. The minimum atomic E-state index is -0.0737. The van der Waals surface area contributed by atoms with Crippen molar-refractivity contribution in [1.82, 2.24) is 15.2 Å². The van der Waals surface area contributed by atoms with E-state index < -0.39 is 0 Å².